The first kappa shape index (κ1) is 11.0. The van der Waals surface area contributed by atoms with E-state index < -0.39 is 5.60 Å². The summed E-state index contributed by atoms with van der Waals surface area (Å²) in [5, 5.41) is 10.7. The molecular weight excluding hydrogens is 313 g/mol. The lowest BCUT2D eigenvalue weighted by molar-refractivity contribution is 0.0345. The monoisotopic (exact) mass is 329 g/mol. The molecule has 2 fully saturated rings. The third-order valence-corrected chi connectivity index (χ3v) is 4.83. The molecule has 1 aromatic carbocycles. The van der Waals surface area contributed by atoms with E-state index in [2.05, 4.69) is 38.1 Å². The molecule has 2 nitrogen and oxygen atoms in total. The van der Waals surface area contributed by atoms with Gasteiger partial charge in [0.15, 0.2) is 0 Å². The van der Waals surface area contributed by atoms with Gasteiger partial charge in [0.1, 0.15) is 0 Å². The van der Waals surface area contributed by atoms with Gasteiger partial charge in [-0.25, -0.2) is 3.11 Å². The van der Waals surface area contributed by atoms with Crippen LogP contribution in [0.25, 0.3) is 0 Å². The number of halogens is 1. The smallest absolute Gasteiger partial charge is 0.0903 e. The number of aliphatic hydroxyl groups is 1. The van der Waals surface area contributed by atoms with Crippen LogP contribution in [0.2, 0.25) is 0 Å². The van der Waals surface area contributed by atoms with Crippen molar-refractivity contribution in [1.82, 2.24) is 3.11 Å². The van der Waals surface area contributed by atoms with Gasteiger partial charge >= 0.3 is 0 Å². The predicted octanol–water partition coefficient (Wildman–Crippen LogP) is 2.57. The summed E-state index contributed by atoms with van der Waals surface area (Å²) in [5.74, 6) is 1.37. The number of fused-ring (bicyclic) bond motifs is 1. The molecule has 0 bridgehead atoms. The molecule has 1 saturated carbocycles. The highest BCUT2D eigenvalue weighted by Gasteiger charge is 2.48. The average Bonchev–Trinajstić information content (AvgIpc) is 2.73. The van der Waals surface area contributed by atoms with Gasteiger partial charge in [0, 0.05) is 36.0 Å². The summed E-state index contributed by atoms with van der Waals surface area (Å²) in [6, 6.07) is 10.2. The Morgan fingerprint density at radius 2 is 1.69 bits per heavy atom. The first-order valence-electron chi connectivity index (χ1n) is 5.86. The lowest BCUT2D eigenvalue weighted by atomic mass is 9.91. The van der Waals surface area contributed by atoms with E-state index in [-0.39, 0.29) is 0 Å². The molecule has 1 saturated heterocycles. The van der Waals surface area contributed by atoms with Gasteiger partial charge < -0.3 is 5.11 Å². The standard InChI is InChI=1S/C13H16INO/c14-15-8-10-6-13(16,7-11(10)9-15)12-4-2-1-3-5-12/h1-5,10-11,16H,6-9H2/t10-,11+,13?. The van der Waals surface area contributed by atoms with Crippen LogP contribution in [-0.2, 0) is 5.60 Å². The van der Waals surface area contributed by atoms with E-state index in [4.69, 9.17) is 0 Å². The molecule has 3 atom stereocenters. The van der Waals surface area contributed by atoms with Crippen LogP contribution in [0, 0.1) is 11.8 Å². The Morgan fingerprint density at radius 3 is 2.25 bits per heavy atom. The van der Waals surface area contributed by atoms with Crippen LogP contribution in [0.15, 0.2) is 30.3 Å². The highest BCUT2D eigenvalue weighted by Crippen LogP contribution is 2.49. The van der Waals surface area contributed by atoms with Crippen LogP contribution in [0.5, 0.6) is 0 Å². The van der Waals surface area contributed by atoms with E-state index in [9.17, 15) is 5.11 Å². The third-order valence-electron chi connectivity index (χ3n) is 4.04. The van der Waals surface area contributed by atoms with Gasteiger partial charge in [-0.05, 0) is 30.2 Å². The van der Waals surface area contributed by atoms with Gasteiger partial charge in [-0.2, -0.15) is 0 Å². The first-order chi connectivity index (χ1) is 7.67. The van der Waals surface area contributed by atoms with Crippen LogP contribution >= 0.6 is 22.9 Å². The van der Waals surface area contributed by atoms with Crippen molar-refractivity contribution in [1.29, 1.82) is 0 Å². The van der Waals surface area contributed by atoms with E-state index in [1.54, 1.807) is 0 Å². The van der Waals surface area contributed by atoms with Crippen molar-refractivity contribution in [3.05, 3.63) is 35.9 Å². The van der Waals surface area contributed by atoms with Crippen LogP contribution in [0.4, 0.5) is 0 Å². The molecule has 0 aromatic heterocycles. The normalized spacial score (nSPS) is 38.9. The van der Waals surface area contributed by atoms with Gasteiger partial charge in [0.05, 0.1) is 5.60 Å². The zero-order valence-corrected chi connectivity index (χ0v) is 11.3. The van der Waals surface area contributed by atoms with Crippen molar-refractivity contribution in [2.75, 3.05) is 13.1 Å². The van der Waals surface area contributed by atoms with Gasteiger partial charge in [-0.1, -0.05) is 30.3 Å². The van der Waals surface area contributed by atoms with E-state index in [0.717, 1.165) is 31.5 Å². The molecule has 0 spiro atoms. The Morgan fingerprint density at radius 1 is 1.12 bits per heavy atom. The summed E-state index contributed by atoms with van der Waals surface area (Å²) < 4.78 is 2.36. The Kier molecular flexibility index (Phi) is 2.72. The lowest BCUT2D eigenvalue weighted by Crippen LogP contribution is -2.24. The minimum atomic E-state index is -0.561. The van der Waals surface area contributed by atoms with E-state index in [0.29, 0.717) is 11.8 Å². The Labute approximate surface area is 110 Å². The molecule has 1 heterocycles. The molecule has 1 N–H and O–H groups in total. The second-order valence-corrected chi connectivity index (χ2v) is 6.52. The van der Waals surface area contributed by atoms with Gasteiger partial charge in [-0.3, -0.25) is 0 Å². The van der Waals surface area contributed by atoms with E-state index in [1.807, 2.05) is 18.2 Å². The molecule has 3 heteroatoms. The summed E-state index contributed by atoms with van der Waals surface area (Å²) in [7, 11) is 0. The van der Waals surface area contributed by atoms with Gasteiger partial charge in [0.2, 0.25) is 0 Å². The molecule has 1 unspecified atom stereocenters. The second kappa shape index (κ2) is 3.96. The fourth-order valence-electron chi connectivity index (χ4n) is 3.28. The van der Waals surface area contributed by atoms with E-state index in [1.165, 1.54) is 0 Å². The molecule has 16 heavy (non-hydrogen) atoms. The zero-order valence-electron chi connectivity index (χ0n) is 9.14. The molecule has 0 radical (unpaired) electrons. The summed E-state index contributed by atoms with van der Waals surface area (Å²) >= 11 is 2.40. The summed E-state index contributed by atoms with van der Waals surface area (Å²) in [4.78, 5) is 0. The number of nitrogens with zero attached hydrogens (tertiary/aromatic N) is 1. The Hall–Kier alpha value is -0.130. The zero-order chi connectivity index (χ0) is 11.2. The Bertz CT molecular complexity index is 367. The van der Waals surface area contributed by atoms with Crippen molar-refractivity contribution >= 4 is 22.9 Å². The first-order valence-corrected chi connectivity index (χ1v) is 6.82. The fourth-order valence-corrected chi connectivity index (χ4v) is 4.29. The van der Waals surface area contributed by atoms with Gasteiger partial charge in [0.25, 0.3) is 0 Å². The third kappa shape index (κ3) is 1.79. The van der Waals surface area contributed by atoms with Crippen LogP contribution < -0.4 is 0 Å². The maximum atomic E-state index is 10.7. The summed E-state index contributed by atoms with van der Waals surface area (Å²) in [6.07, 6.45) is 1.86. The second-order valence-electron chi connectivity index (χ2n) is 5.15. The van der Waals surface area contributed by atoms with Crippen LogP contribution in [0.3, 0.4) is 0 Å². The maximum Gasteiger partial charge on any atom is 0.0903 e. The average molecular weight is 329 g/mol. The van der Waals surface area contributed by atoms with Crippen molar-refractivity contribution in [2.45, 2.75) is 18.4 Å². The quantitative estimate of drug-likeness (QED) is 0.632. The molecule has 1 aliphatic heterocycles. The number of hydrogen-bond acceptors (Lipinski definition) is 2. The van der Waals surface area contributed by atoms with Gasteiger partial charge in [-0.15, -0.1) is 0 Å². The van der Waals surface area contributed by atoms with Crippen molar-refractivity contribution < 1.29 is 5.11 Å². The summed E-state index contributed by atoms with van der Waals surface area (Å²) in [6.45, 7) is 2.28. The van der Waals surface area contributed by atoms with Crippen molar-refractivity contribution in [3.8, 4) is 0 Å². The highest BCUT2D eigenvalue weighted by atomic mass is 127. The molecular formula is C13H16INO. The maximum absolute atomic E-state index is 10.7. The predicted molar refractivity (Wildman–Crippen MR) is 72.1 cm³/mol. The van der Waals surface area contributed by atoms with Crippen LogP contribution in [-0.4, -0.2) is 21.3 Å². The number of rotatable bonds is 1. The number of hydrogen-bond donors (Lipinski definition) is 1. The van der Waals surface area contributed by atoms with Crippen molar-refractivity contribution in [2.24, 2.45) is 11.8 Å². The fraction of sp³-hybridized carbons (Fsp3) is 0.538. The minimum Gasteiger partial charge on any atom is -0.385 e. The Balaban J connectivity index is 1.83. The highest BCUT2D eigenvalue weighted by molar-refractivity contribution is 14.1. The topological polar surface area (TPSA) is 23.5 Å². The SMILES string of the molecule is OC1(c2ccccc2)C[C@H]2CN(I)C[C@H]2C1. The summed E-state index contributed by atoms with van der Waals surface area (Å²) in [5.41, 5.74) is 0.540. The number of benzene rings is 1. The van der Waals surface area contributed by atoms with E-state index >= 15 is 0 Å². The van der Waals surface area contributed by atoms with Crippen LogP contribution in [0.1, 0.15) is 18.4 Å². The van der Waals surface area contributed by atoms with Crippen molar-refractivity contribution in [3.63, 3.8) is 0 Å². The molecule has 0 amide bonds. The molecule has 3 rings (SSSR count). The lowest BCUT2D eigenvalue weighted by Gasteiger charge is -2.25. The molecule has 1 aliphatic carbocycles. The molecule has 2 aliphatic rings. The molecule has 1 aromatic rings. The molecule has 86 valence electrons. The minimum absolute atomic E-state index is 0.561. The largest absolute Gasteiger partial charge is 0.385 e.